The molecule has 0 aliphatic carbocycles. The maximum absolute atomic E-state index is 13.1. The van der Waals surface area contributed by atoms with Gasteiger partial charge < -0.3 is 10.4 Å². The van der Waals surface area contributed by atoms with Crippen molar-refractivity contribution in [3.05, 3.63) is 35.1 Å². The van der Waals surface area contributed by atoms with Crippen molar-refractivity contribution in [2.45, 2.75) is 19.4 Å². The molecule has 1 rings (SSSR count). The van der Waals surface area contributed by atoms with E-state index in [9.17, 15) is 14.0 Å². The molecule has 0 aliphatic rings. The molecule has 1 aromatic rings. The summed E-state index contributed by atoms with van der Waals surface area (Å²) in [6, 6.07) is 2.90. The van der Waals surface area contributed by atoms with Gasteiger partial charge in [-0.15, -0.1) is 0 Å². The number of carbonyl (C=O) groups is 2. The van der Waals surface area contributed by atoms with Gasteiger partial charge in [0, 0.05) is 5.56 Å². The van der Waals surface area contributed by atoms with E-state index in [2.05, 4.69) is 5.32 Å². The first-order valence-electron chi connectivity index (χ1n) is 5.74. The fourth-order valence-electron chi connectivity index (χ4n) is 1.57. The van der Waals surface area contributed by atoms with Crippen molar-refractivity contribution in [1.29, 1.82) is 0 Å². The van der Waals surface area contributed by atoms with Crippen molar-refractivity contribution in [3.8, 4) is 0 Å². The summed E-state index contributed by atoms with van der Waals surface area (Å²) in [7, 11) is 0. The number of hydrogen-bond donors (Lipinski definition) is 2. The van der Waals surface area contributed by atoms with Gasteiger partial charge in [0.15, 0.2) is 0 Å². The van der Waals surface area contributed by atoms with Crippen LogP contribution in [-0.4, -0.2) is 35.0 Å². The Bertz CT molecular complexity index is 479. The minimum atomic E-state index is -1.09. The largest absolute Gasteiger partial charge is 0.480 e. The standard InChI is InChI=1S/C13H16FNO3S/c1-8-3-4-9(14)7-10(8)12(16)15-11(13(17)18)5-6-19-2/h3-4,7,11H,5-6H2,1-2H3,(H,15,16)(H,17,18). The second-order valence-corrected chi connectivity index (χ2v) is 5.09. The highest BCUT2D eigenvalue weighted by Crippen LogP contribution is 2.11. The molecule has 104 valence electrons. The van der Waals surface area contributed by atoms with Crippen LogP contribution in [0.5, 0.6) is 0 Å². The van der Waals surface area contributed by atoms with Crippen LogP contribution in [0.1, 0.15) is 22.3 Å². The Morgan fingerprint density at radius 3 is 2.74 bits per heavy atom. The number of aliphatic carboxylic acids is 1. The summed E-state index contributed by atoms with van der Waals surface area (Å²) in [6.07, 6.45) is 2.19. The molecule has 1 unspecified atom stereocenters. The molecule has 0 saturated carbocycles. The average Bonchev–Trinajstić information content (AvgIpc) is 2.36. The summed E-state index contributed by atoms with van der Waals surface area (Å²) in [5.74, 6) is -1.55. The van der Waals surface area contributed by atoms with Crippen LogP contribution in [0.15, 0.2) is 18.2 Å². The third-order valence-electron chi connectivity index (χ3n) is 2.66. The molecule has 4 nitrogen and oxygen atoms in total. The second kappa shape index (κ2) is 7.13. The molecule has 0 fully saturated rings. The highest BCUT2D eigenvalue weighted by Gasteiger charge is 2.21. The van der Waals surface area contributed by atoms with E-state index < -0.39 is 23.7 Å². The maximum Gasteiger partial charge on any atom is 0.326 e. The molecular weight excluding hydrogens is 269 g/mol. The van der Waals surface area contributed by atoms with Gasteiger partial charge in [0.2, 0.25) is 0 Å². The van der Waals surface area contributed by atoms with Crippen LogP contribution in [-0.2, 0) is 4.79 Å². The number of aryl methyl sites for hydroxylation is 1. The molecule has 2 N–H and O–H groups in total. The lowest BCUT2D eigenvalue weighted by atomic mass is 10.1. The summed E-state index contributed by atoms with van der Waals surface area (Å²) in [5.41, 5.74) is 0.767. The first kappa shape index (κ1) is 15.5. The zero-order valence-corrected chi connectivity index (χ0v) is 11.6. The molecule has 0 saturated heterocycles. The Balaban J connectivity index is 2.81. The number of thioether (sulfide) groups is 1. The van der Waals surface area contributed by atoms with Gasteiger partial charge in [-0.2, -0.15) is 11.8 Å². The number of amides is 1. The zero-order valence-electron chi connectivity index (χ0n) is 10.8. The Labute approximate surface area is 115 Å². The van der Waals surface area contributed by atoms with Gasteiger partial charge in [0.1, 0.15) is 11.9 Å². The van der Waals surface area contributed by atoms with E-state index in [1.54, 1.807) is 6.92 Å². The SMILES string of the molecule is CSCCC(NC(=O)c1cc(F)ccc1C)C(=O)O. The van der Waals surface area contributed by atoms with Crippen LogP contribution in [0.25, 0.3) is 0 Å². The Morgan fingerprint density at radius 1 is 1.47 bits per heavy atom. The average molecular weight is 285 g/mol. The van der Waals surface area contributed by atoms with Crippen molar-refractivity contribution in [1.82, 2.24) is 5.32 Å². The van der Waals surface area contributed by atoms with Crippen molar-refractivity contribution in [2.24, 2.45) is 0 Å². The van der Waals surface area contributed by atoms with Gasteiger partial charge in [0.25, 0.3) is 5.91 Å². The topological polar surface area (TPSA) is 66.4 Å². The molecule has 0 aliphatic heterocycles. The number of benzene rings is 1. The van der Waals surface area contributed by atoms with E-state index in [0.29, 0.717) is 17.7 Å². The highest BCUT2D eigenvalue weighted by molar-refractivity contribution is 7.98. The molecular formula is C13H16FNO3S. The van der Waals surface area contributed by atoms with E-state index in [-0.39, 0.29) is 5.56 Å². The Kier molecular flexibility index (Phi) is 5.82. The molecule has 1 amide bonds. The molecule has 0 spiro atoms. The number of carbonyl (C=O) groups excluding carboxylic acids is 1. The van der Waals surface area contributed by atoms with Gasteiger partial charge in [-0.1, -0.05) is 6.07 Å². The van der Waals surface area contributed by atoms with Crippen LogP contribution in [0, 0.1) is 12.7 Å². The van der Waals surface area contributed by atoms with E-state index in [1.807, 2.05) is 6.26 Å². The minimum absolute atomic E-state index is 0.162. The fraction of sp³-hybridized carbons (Fsp3) is 0.385. The first-order chi connectivity index (χ1) is 8.95. The Hall–Kier alpha value is -1.56. The monoisotopic (exact) mass is 285 g/mol. The van der Waals surface area contributed by atoms with E-state index in [1.165, 1.54) is 23.9 Å². The molecule has 1 aromatic carbocycles. The normalized spacial score (nSPS) is 11.9. The number of halogens is 1. The molecule has 6 heteroatoms. The number of carboxylic acids is 1. The zero-order chi connectivity index (χ0) is 14.4. The van der Waals surface area contributed by atoms with Gasteiger partial charge in [-0.25, -0.2) is 9.18 Å². The van der Waals surface area contributed by atoms with Crippen LogP contribution >= 0.6 is 11.8 Å². The summed E-state index contributed by atoms with van der Waals surface area (Å²) < 4.78 is 13.1. The third kappa shape index (κ3) is 4.55. The molecule has 0 bridgehead atoms. The Morgan fingerprint density at radius 2 is 2.16 bits per heavy atom. The van der Waals surface area contributed by atoms with E-state index >= 15 is 0 Å². The molecule has 0 aromatic heterocycles. The van der Waals surface area contributed by atoms with Crippen LogP contribution in [0.3, 0.4) is 0 Å². The number of nitrogens with one attached hydrogen (secondary N) is 1. The molecule has 0 radical (unpaired) electrons. The number of carboxylic acid groups (broad SMARTS) is 1. The third-order valence-corrected chi connectivity index (χ3v) is 3.30. The van der Waals surface area contributed by atoms with Gasteiger partial charge >= 0.3 is 5.97 Å². The summed E-state index contributed by atoms with van der Waals surface area (Å²) in [6.45, 7) is 1.67. The second-order valence-electron chi connectivity index (χ2n) is 4.11. The predicted molar refractivity (Wildman–Crippen MR) is 73.0 cm³/mol. The maximum atomic E-state index is 13.1. The molecule has 1 atom stereocenters. The minimum Gasteiger partial charge on any atom is -0.480 e. The van der Waals surface area contributed by atoms with Gasteiger partial charge in [0.05, 0.1) is 0 Å². The van der Waals surface area contributed by atoms with E-state index in [4.69, 9.17) is 5.11 Å². The van der Waals surface area contributed by atoms with Gasteiger partial charge in [-0.05, 0) is 43.0 Å². The predicted octanol–water partition coefficient (Wildman–Crippen LogP) is 2.07. The molecule has 0 heterocycles. The van der Waals surface area contributed by atoms with Crippen molar-refractivity contribution in [2.75, 3.05) is 12.0 Å². The highest BCUT2D eigenvalue weighted by atomic mass is 32.2. The van der Waals surface area contributed by atoms with Crippen molar-refractivity contribution in [3.63, 3.8) is 0 Å². The van der Waals surface area contributed by atoms with Crippen molar-refractivity contribution < 1.29 is 19.1 Å². The van der Waals surface area contributed by atoms with Crippen LogP contribution in [0.4, 0.5) is 4.39 Å². The quantitative estimate of drug-likeness (QED) is 0.839. The lowest BCUT2D eigenvalue weighted by Crippen LogP contribution is -2.41. The smallest absolute Gasteiger partial charge is 0.326 e. The first-order valence-corrected chi connectivity index (χ1v) is 7.14. The van der Waals surface area contributed by atoms with Crippen LogP contribution < -0.4 is 5.32 Å². The summed E-state index contributed by atoms with van der Waals surface area (Å²) in [5, 5.41) is 11.4. The summed E-state index contributed by atoms with van der Waals surface area (Å²) in [4.78, 5) is 23.0. The molecule has 19 heavy (non-hydrogen) atoms. The summed E-state index contributed by atoms with van der Waals surface area (Å²) >= 11 is 1.50. The lowest BCUT2D eigenvalue weighted by molar-refractivity contribution is -0.139. The fourth-order valence-corrected chi connectivity index (χ4v) is 2.04. The number of rotatable bonds is 6. The van der Waals surface area contributed by atoms with Crippen LogP contribution in [0.2, 0.25) is 0 Å². The van der Waals surface area contributed by atoms with Gasteiger partial charge in [-0.3, -0.25) is 4.79 Å². The van der Waals surface area contributed by atoms with Crippen molar-refractivity contribution >= 4 is 23.6 Å². The number of hydrogen-bond acceptors (Lipinski definition) is 3. The van der Waals surface area contributed by atoms with E-state index in [0.717, 1.165) is 6.07 Å². The lowest BCUT2D eigenvalue weighted by Gasteiger charge is -2.15.